The minimum Gasteiger partial charge on any atom is -0.391 e. The Bertz CT molecular complexity index is 502. The van der Waals surface area contributed by atoms with Crippen LogP contribution in [0.5, 0.6) is 0 Å². The van der Waals surface area contributed by atoms with Crippen LogP contribution in [0.25, 0.3) is 0 Å². The van der Waals surface area contributed by atoms with Crippen molar-refractivity contribution in [1.29, 1.82) is 0 Å². The highest BCUT2D eigenvalue weighted by atomic mass is 32.1. The number of aromatic nitrogens is 1. The van der Waals surface area contributed by atoms with Crippen molar-refractivity contribution >= 4 is 17.2 Å². The Morgan fingerprint density at radius 2 is 2.00 bits per heavy atom. The maximum atomic E-state index is 12.3. The molecule has 1 fully saturated rings. The number of rotatable bonds is 4. The van der Waals surface area contributed by atoms with Crippen molar-refractivity contribution in [3.63, 3.8) is 0 Å². The van der Waals surface area contributed by atoms with Gasteiger partial charge in [-0.3, -0.25) is 9.69 Å². The molecular formula is C16H27N3O2S. The number of nitrogens with zero attached hydrogens (tertiary/aromatic N) is 3. The predicted molar refractivity (Wildman–Crippen MR) is 89.0 cm³/mol. The summed E-state index contributed by atoms with van der Waals surface area (Å²) in [6.45, 7) is 11.9. The van der Waals surface area contributed by atoms with Crippen molar-refractivity contribution in [2.75, 3.05) is 32.7 Å². The number of thiazole rings is 1. The molecule has 1 aromatic rings. The molecule has 0 aromatic carbocycles. The number of β-amino-alcohol motifs (C(OH)–C–C–N with tert-alkyl or cyclic N) is 1. The van der Waals surface area contributed by atoms with E-state index in [0.717, 1.165) is 36.9 Å². The molecule has 1 unspecified atom stereocenters. The van der Waals surface area contributed by atoms with E-state index in [2.05, 4.69) is 9.88 Å². The first kappa shape index (κ1) is 17.4. The molecule has 5 nitrogen and oxygen atoms in total. The second-order valence-electron chi connectivity index (χ2n) is 7.10. The predicted octanol–water partition coefficient (Wildman–Crippen LogP) is 1.55. The van der Waals surface area contributed by atoms with Gasteiger partial charge in [-0.05, 0) is 12.3 Å². The zero-order valence-electron chi connectivity index (χ0n) is 14.0. The molecule has 1 atom stereocenters. The van der Waals surface area contributed by atoms with E-state index >= 15 is 0 Å². The molecule has 2 heterocycles. The Hall–Kier alpha value is -0.980. The molecule has 0 saturated carbocycles. The van der Waals surface area contributed by atoms with Gasteiger partial charge in [-0.15, -0.1) is 11.3 Å². The fraction of sp³-hybridized carbons (Fsp3) is 0.750. The molecule has 1 aromatic heterocycles. The molecule has 22 heavy (non-hydrogen) atoms. The molecule has 1 saturated heterocycles. The molecule has 1 aliphatic rings. The third-order valence-electron chi connectivity index (χ3n) is 4.15. The number of amides is 1. The van der Waals surface area contributed by atoms with Gasteiger partial charge in [-0.25, -0.2) is 4.98 Å². The van der Waals surface area contributed by atoms with Gasteiger partial charge < -0.3 is 10.0 Å². The summed E-state index contributed by atoms with van der Waals surface area (Å²) in [4.78, 5) is 20.8. The van der Waals surface area contributed by atoms with E-state index in [-0.39, 0.29) is 17.4 Å². The topological polar surface area (TPSA) is 56.7 Å². The number of aliphatic hydroxyl groups excluding tert-OH is 1. The monoisotopic (exact) mass is 325 g/mol. The lowest BCUT2D eigenvalue weighted by Gasteiger charge is -2.38. The van der Waals surface area contributed by atoms with Crippen LogP contribution in [0.3, 0.4) is 0 Å². The van der Waals surface area contributed by atoms with Gasteiger partial charge in [0.05, 0.1) is 23.2 Å². The number of aryl methyl sites for hydroxylation is 1. The summed E-state index contributed by atoms with van der Waals surface area (Å²) in [5.74, 6) is 0.154. The van der Waals surface area contributed by atoms with Crippen molar-refractivity contribution < 1.29 is 9.90 Å². The van der Waals surface area contributed by atoms with Crippen LogP contribution in [0.2, 0.25) is 0 Å². The van der Waals surface area contributed by atoms with Crippen LogP contribution >= 0.6 is 11.3 Å². The van der Waals surface area contributed by atoms with Crippen LogP contribution < -0.4 is 0 Å². The largest absolute Gasteiger partial charge is 0.391 e. The zero-order chi connectivity index (χ0) is 16.3. The maximum absolute atomic E-state index is 12.3. The Balaban J connectivity index is 1.78. The summed E-state index contributed by atoms with van der Waals surface area (Å²) < 4.78 is 0. The van der Waals surface area contributed by atoms with Gasteiger partial charge >= 0.3 is 0 Å². The van der Waals surface area contributed by atoms with Crippen LogP contribution in [0, 0.1) is 12.3 Å². The summed E-state index contributed by atoms with van der Waals surface area (Å²) >= 11 is 1.58. The fourth-order valence-corrected chi connectivity index (χ4v) is 3.07. The molecule has 0 bridgehead atoms. The number of hydrogen-bond acceptors (Lipinski definition) is 5. The molecular weight excluding hydrogens is 298 g/mol. The van der Waals surface area contributed by atoms with E-state index in [1.807, 2.05) is 38.0 Å². The van der Waals surface area contributed by atoms with Crippen molar-refractivity contribution in [2.24, 2.45) is 5.41 Å². The smallest absolute Gasteiger partial charge is 0.228 e. The number of hydrogen-bond donors (Lipinski definition) is 1. The Morgan fingerprint density at radius 1 is 1.36 bits per heavy atom. The summed E-state index contributed by atoms with van der Waals surface area (Å²) in [6, 6.07) is 0. The van der Waals surface area contributed by atoms with E-state index in [1.54, 1.807) is 11.3 Å². The molecule has 2 rings (SSSR count). The van der Waals surface area contributed by atoms with E-state index in [4.69, 9.17) is 0 Å². The van der Waals surface area contributed by atoms with Crippen molar-refractivity contribution in [3.8, 4) is 0 Å². The third kappa shape index (κ3) is 4.76. The average molecular weight is 325 g/mol. The molecule has 0 radical (unpaired) electrons. The van der Waals surface area contributed by atoms with E-state index in [1.165, 1.54) is 0 Å². The molecule has 6 heteroatoms. The number of carbonyl (C=O) groups is 1. The third-order valence-corrected chi connectivity index (χ3v) is 4.98. The molecule has 1 N–H and O–H groups in total. The van der Waals surface area contributed by atoms with Gasteiger partial charge in [-0.1, -0.05) is 20.8 Å². The minimum atomic E-state index is -0.340. The van der Waals surface area contributed by atoms with Crippen LogP contribution in [0.15, 0.2) is 5.38 Å². The maximum Gasteiger partial charge on any atom is 0.228 e. The SMILES string of the molecule is Cc1nc(CC(=O)N2CCN(CC(O)C(C)(C)C)CC2)cs1. The second kappa shape index (κ2) is 7.06. The quantitative estimate of drug-likeness (QED) is 0.912. The second-order valence-corrected chi connectivity index (χ2v) is 8.16. The standard InChI is InChI=1S/C16H27N3O2S/c1-12-17-13(11-22-12)9-15(21)19-7-5-18(6-8-19)10-14(20)16(2,3)4/h11,14,20H,5-10H2,1-4H3. The normalized spacial score (nSPS) is 18.5. The average Bonchev–Trinajstić information content (AvgIpc) is 2.83. The minimum absolute atomic E-state index is 0.102. The summed E-state index contributed by atoms with van der Waals surface area (Å²) in [7, 11) is 0. The molecule has 0 spiro atoms. The van der Waals surface area contributed by atoms with Gasteiger partial charge in [0, 0.05) is 38.1 Å². The Morgan fingerprint density at radius 3 is 2.50 bits per heavy atom. The Labute approximate surface area is 137 Å². The molecule has 1 aliphatic heterocycles. The van der Waals surface area contributed by atoms with E-state index < -0.39 is 0 Å². The van der Waals surface area contributed by atoms with Crippen LogP contribution in [0.4, 0.5) is 0 Å². The molecule has 0 aliphatic carbocycles. The fourth-order valence-electron chi connectivity index (χ4n) is 2.45. The van der Waals surface area contributed by atoms with Gasteiger partial charge in [0.25, 0.3) is 0 Å². The first-order chi connectivity index (χ1) is 10.3. The van der Waals surface area contributed by atoms with Crippen molar-refractivity contribution in [1.82, 2.24) is 14.8 Å². The van der Waals surface area contributed by atoms with Gasteiger partial charge in [0.1, 0.15) is 0 Å². The number of piperazine rings is 1. The van der Waals surface area contributed by atoms with Crippen LogP contribution in [-0.2, 0) is 11.2 Å². The highest BCUT2D eigenvalue weighted by Gasteiger charge is 2.27. The van der Waals surface area contributed by atoms with Crippen LogP contribution in [0.1, 0.15) is 31.5 Å². The van der Waals surface area contributed by atoms with Crippen molar-refractivity contribution in [2.45, 2.75) is 40.2 Å². The first-order valence-electron chi connectivity index (χ1n) is 7.85. The van der Waals surface area contributed by atoms with Crippen molar-refractivity contribution in [3.05, 3.63) is 16.1 Å². The first-order valence-corrected chi connectivity index (χ1v) is 8.73. The van der Waals surface area contributed by atoms with Gasteiger partial charge in [-0.2, -0.15) is 0 Å². The summed E-state index contributed by atoms with van der Waals surface area (Å²) in [6.07, 6.45) is 0.0577. The van der Waals surface area contributed by atoms with Gasteiger partial charge in [0.2, 0.25) is 5.91 Å². The van der Waals surface area contributed by atoms with Gasteiger partial charge in [0.15, 0.2) is 0 Å². The van der Waals surface area contributed by atoms with E-state index in [0.29, 0.717) is 13.0 Å². The lowest BCUT2D eigenvalue weighted by Crippen LogP contribution is -2.52. The lowest BCUT2D eigenvalue weighted by molar-refractivity contribution is -0.132. The number of carbonyl (C=O) groups excluding carboxylic acids is 1. The lowest BCUT2D eigenvalue weighted by atomic mass is 9.89. The highest BCUT2D eigenvalue weighted by Crippen LogP contribution is 2.20. The highest BCUT2D eigenvalue weighted by molar-refractivity contribution is 7.09. The zero-order valence-corrected chi connectivity index (χ0v) is 14.8. The molecule has 124 valence electrons. The summed E-state index contributed by atoms with van der Waals surface area (Å²) in [5.41, 5.74) is 0.771. The number of aliphatic hydroxyl groups is 1. The summed E-state index contributed by atoms with van der Waals surface area (Å²) in [5, 5.41) is 13.1. The molecule has 1 amide bonds. The Kier molecular flexibility index (Phi) is 5.58. The van der Waals surface area contributed by atoms with Crippen LogP contribution in [-0.4, -0.2) is 64.6 Å². The van der Waals surface area contributed by atoms with E-state index in [9.17, 15) is 9.90 Å².